The van der Waals surface area contributed by atoms with E-state index in [1.165, 1.54) is 43.2 Å². The summed E-state index contributed by atoms with van der Waals surface area (Å²) in [5.41, 5.74) is 2.74. The summed E-state index contributed by atoms with van der Waals surface area (Å²) in [4.78, 5) is 0. The number of nitrogens with one attached hydrogen (secondary N) is 1. The van der Waals surface area contributed by atoms with Crippen molar-refractivity contribution in [1.29, 1.82) is 0 Å². The van der Waals surface area contributed by atoms with Crippen LogP contribution in [0.2, 0.25) is 0 Å². The molecule has 1 aromatic carbocycles. The molecule has 3 rings (SSSR count). The van der Waals surface area contributed by atoms with Gasteiger partial charge in [0.1, 0.15) is 5.75 Å². The number of fused-ring (bicyclic) bond motifs is 1. The molecule has 1 fully saturated rings. The van der Waals surface area contributed by atoms with Crippen molar-refractivity contribution in [2.75, 3.05) is 0 Å². The Morgan fingerprint density at radius 1 is 1.22 bits per heavy atom. The minimum Gasteiger partial charge on any atom is -0.508 e. The molecule has 2 heteroatoms. The molecule has 0 saturated heterocycles. The molecule has 0 radical (unpaired) electrons. The van der Waals surface area contributed by atoms with Crippen molar-refractivity contribution in [3.8, 4) is 5.75 Å². The van der Waals surface area contributed by atoms with Gasteiger partial charge in [0.15, 0.2) is 0 Å². The van der Waals surface area contributed by atoms with E-state index in [0.29, 0.717) is 17.8 Å². The van der Waals surface area contributed by atoms with Gasteiger partial charge >= 0.3 is 0 Å². The minimum absolute atomic E-state index is 0.403. The number of hydrogen-bond acceptors (Lipinski definition) is 2. The topological polar surface area (TPSA) is 32.3 Å². The molecule has 1 aromatic rings. The van der Waals surface area contributed by atoms with E-state index in [2.05, 4.69) is 18.3 Å². The van der Waals surface area contributed by atoms with Crippen LogP contribution in [0.15, 0.2) is 18.2 Å². The maximum Gasteiger partial charge on any atom is 0.115 e. The van der Waals surface area contributed by atoms with Crippen LogP contribution in [0.25, 0.3) is 0 Å². The zero-order valence-corrected chi connectivity index (χ0v) is 11.2. The van der Waals surface area contributed by atoms with Gasteiger partial charge in [0.25, 0.3) is 0 Å². The molecule has 3 atom stereocenters. The van der Waals surface area contributed by atoms with Crippen LogP contribution in [-0.2, 0) is 6.42 Å². The predicted octanol–water partition coefficient (Wildman–Crippen LogP) is 3.55. The monoisotopic (exact) mass is 245 g/mol. The van der Waals surface area contributed by atoms with Gasteiger partial charge in [0.05, 0.1) is 0 Å². The van der Waals surface area contributed by atoms with Crippen LogP contribution in [0.4, 0.5) is 0 Å². The lowest BCUT2D eigenvalue weighted by molar-refractivity contribution is 0.280. The molecule has 0 amide bonds. The number of phenolic OH excluding ortho intramolecular Hbond substituents is 1. The molecule has 18 heavy (non-hydrogen) atoms. The molecule has 0 aromatic heterocycles. The van der Waals surface area contributed by atoms with Crippen LogP contribution in [0, 0.1) is 5.92 Å². The average molecular weight is 245 g/mol. The highest BCUT2D eigenvalue weighted by Gasteiger charge is 2.27. The molecule has 1 saturated carbocycles. The first kappa shape index (κ1) is 12.0. The van der Waals surface area contributed by atoms with Gasteiger partial charge in [-0.3, -0.25) is 0 Å². The van der Waals surface area contributed by atoms with Gasteiger partial charge < -0.3 is 10.4 Å². The third-order valence-corrected chi connectivity index (χ3v) is 4.58. The Kier molecular flexibility index (Phi) is 3.29. The molecule has 0 aliphatic heterocycles. The van der Waals surface area contributed by atoms with E-state index in [1.54, 1.807) is 0 Å². The highest BCUT2D eigenvalue weighted by Crippen LogP contribution is 2.35. The fraction of sp³-hybridized carbons (Fsp3) is 0.625. The van der Waals surface area contributed by atoms with Crippen molar-refractivity contribution < 1.29 is 5.11 Å². The predicted molar refractivity (Wildman–Crippen MR) is 73.7 cm³/mol. The van der Waals surface area contributed by atoms with Crippen molar-refractivity contribution in [3.05, 3.63) is 29.3 Å². The first-order valence-corrected chi connectivity index (χ1v) is 7.30. The third kappa shape index (κ3) is 2.39. The third-order valence-electron chi connectivity index (χ3n) is 4.58. The molecule has 2 aliphatic rings. The van der Waals surface area contributed by atoms with Gasteiger partial charge in [0.2, 0.25) is 0 Å². The van der Waals surface area contributed by atoms with Crippen molar-refractivity contribution >= 4 is 0 Å². The highest BCUT2D eigenvalue weighted by atomic mass is 16.3. The maximum atomic E-state index is 9.52. The Hall–Kier alpha value is -1.02. The summed E-state index contributed by atoms with van der Waals surface area (Å²) in [6, 6.07) is 7.05. The lowest BCUT2D eigenvalue weighted by Crippen LogP contribution is -2.35. The van der Waals surface area contributed by atoms with Gasteiger partial charge in [0, 0.05) is 12.1 Å². The second kappa shape index (κ2) is 4.93. The van der Waals surface area contributed by atoms with Crippen molar-refractivity contribution in [2.45, 2.75) is 57.5 Å². The molecule has 2 nitrogen and oxygen atoms in total. The molecule has 0 bridgehead atoms. The Bertz CT molecular complexity index is 429. The van der Waals surface area contributed by atoms with Crippen molar-refractivity contribution in [1.82, 2.24) is 5.32 Å². The second-order valence-corrected chi connectivity index (χ2v) is 6.11. The van der Waals surface area contributed by atoms with Gasteiger partial charge in [-0.25, -0.2) is 0 Å². The van der Waals surface area contributed by atoms with E-state index < -0.39 is 0 Å². The summed E-state index contributed by atoms with van der Waals surface area (Å²) in [5, 5.41) is 13.4. The van der Waals surface area contributed by atoms with Gasteiger partial charge in [-0.1, -0.05) is 25.8 Å². The van der Waals surface area contributed by atoms with E-state index in [1.807, 2.05) is 12.1 Å². The maximum absolute atomic E-state index is 9.52. The first-order chi connectivity index (χ1) is 8.72. The minimum atomic E-state index is 0.403. The summed E-state index contributed by atoms with van der Waals surface area (Å²) in [6.45, 7) is 2.37. The molecule has 0 spiro atoms. The van der Waals surface area contributed by atoms with E-state index in [0.717, 1.165) is 12.3 Å². The van der Waals surface area contributed by atoms with Crippen LogP contribution in [0.5, 0.6) is 5.75 Å². The second-order valence-electron chi connectivity index (χ2n) is 6.11. The summed E-state index contributed by atoms with van der Waals surface area (Å²) in [6.07, 6.45) is 7.70. The molecular weight excluding hydrogens is 222 g/mol. The molecule has 2 N–H and O–H groups in total. The zero-order valence-electron chi connectivity index (χ0n) is 11.2. The number of rotatable bonds is 2. The molecule has 3 unspecified atom stereocenters. The number of hydrogen-bond donors (Lipinski definition) is 2. The van der Waals surface area contributed by atoms with Crippen molar-refractivity contribution in [3.63, 3.8) is 0 Å². The standard InChI is InChI=1S/C16H23NO/c1-11-3-2-4-13(9-11)17-16-8-5-12-10-14(18)6-7-15(12)16/h6-7,10-11,13,16-18H,2-5,8-9H2,1H3. The molecular formula is C16H23NO. The Balaban J connectivity index is 1.69. The number of aryl methyl sites for hydroxylation is 1. The van der Waals surface area contributed by atoms with E-state index >= 15 is 0 Å². The summed E-state index contributed by atoms with van der Waals surface area (Å²) in [5.74, 6) is 1.28. The Labute approximate surface area is 109 Å². The Morgan fingerprint density at radius 3 is 2.94 bits per heavy atom. The quantitative estimate of drug-likeness (QED) is 0.835. The fourth-order valence-corrected chi connectivity index (χ4v) is 3.65. The van der Waals surface area contributed by atoms with E-state index in [9.17, 15) is 5.11 Å². The number of aromatic hydroxyl groups is 1. The molecule has 0 heterocycles. The smallest absolute Gasteiger partial charge is 0.115 e. The largest absolute Gasteiger partial charge is 0.508 e. The fourth-order valence-electron chi connectivity index (χ4n) is 3.65. The summed E-state index contributed by atoms with van der Waals surface area (Å²) < 4.78 is 0. The molecule has 2 aliphatic carbocycles. The van der Waals surface area contributed by atoms with Gasteiger partial charge in [-0.15, -0.1) is 0 Å². The zero-order chi connectivity index (χ0) is 12.5. The first-order valence-electron chi connectivity index (χ1n) is 7.30. The lowest BCUT2D eigenvalue weighted by atomic mass is 9.86. The van der Waals surface area contributed by atoms with Gasteiger partial charge in [-0.2, -0.15) is 0 Å². The number of benzene rings is 1. The SMILES string of the molecule is CC1CCCC(NC2CCc3cc(O)ccc32)C1. The van der Waals surface area contributed by atoms with Crippen LogP contribution >= 0.6 is 0 Å². The lowest BCUT2D eigenvalue weighted by Gasteiger charge is -2.30. The Morgan fingerprint density at radius 2 is 2.11 bits per heavy atom. The molecule has 98 valence electrons. The highest BCUT2D eigenvalue weighted by molar-refractivity contribution is 5.40. The summed E-state index contributed by atoms with van der Waals surface area (Å²) >= 11 is 0. The summed E-state index contributed by atoms with van der Waals surface area (Å²) in [7, 11) is 0. The van der Waals surface area contributed by atoms with Crippen LogP contribution in [0.3, 0.4) is 0 Å². The van der Waals surface area contributed by atoms with Crippen molar-refractivity contribution in [2.24, 2.45) is 5.92 Å². The van der Waals surface area contributed by atoms with E-state index in [-0.39, 0.29) is 0 Å². The van der Waals surface area contributed by atoms with E-state index in [4.69, 9.17) is 0 Å². The van der Waals surface area contributed by atoms with Crippen LogP contribution in [0.1, 0.15) is 56.2 Å². The number of phenols is 1. The average Bonchev–Trinajstić information content (AvgIpc) is 2.72. The van der Waals surface area contributed by atoms with Crippen LogP contribution < -0.4 is 5.32 Å². The van der Waals surface area contributed by atoms with Crippen LogP contribution in [-0.4, -0.2) is 11.1 Å². The van der Waals surface area contributed by atoms with Gasteiger partial charge in [-0.05, 0) is 54.9 Å². The normalized spacial score (nSPS) is 31.3.